The summed E-state index contributed by atoms with van der Waals surface area (Å²) in [5.41, 5.74) is 5.73. The van der Waals surface area contributed by atoms with E-state index in [-0.39, 0.29) is 11.8 Å². The van der Waals surface area contributed by atoms with Gasteiger partial charge in [0.15, 0.2) is 0 Å². The van der Waals surface area contributed by atoms with E-state index in [0.29, 0.717) is 11.8 Å². The smallest absolute Gasteiger partial charge is 0.238 e. The number of likely N-dealkylation sites (tertiary alicyclic amines) is 1. The maximum atomic E-state index is 10.5. The molecule has 5 rings (SSSR count). The molecule has 6 N–H and O–H groups in total. The number of rotatable bonds is 10. The third-order valence-corrected chi connectivity index (χ3v) is 9.58. The maximum absolute atomic E-state index is 10.5. The number of piperidine rings is 2. The van der Waals surface area contributed by atoms with Crippen molar-refractivity contribution in [3.8, 4) is 5.88 Å². The van der Waals surface area contributed by atoms with Gasteiger partial charge in [-0.05, 0) is 86.7 Å². The van der Waals surface area contributed by atoms with Crippen LogP contribution in [-0.4, -0.2) is 106 Å². The average molecular weight is 599 g/mol. The molecule has 0 aliphatic carbocycles. The van der Waals surface area contributed by atoms with Crippen molar-refractivity contribution in [3.63, 3.8) is 0 Å². The Bertz CT molecular complexity index is 1220. The standard InChI is InChI=1S/C33H50N4O6/c1-21(2)27-25(31(36-35-27)43-32-30(41)29(40)28(39)26(19-38)42-32)18-24-9-8-23(17-22(24)3)7-4-5-15-37-16-6-10-33(20-37)11-13-34-14-12-33/h4,7-9,17,21,26,28-30,32,34,38-41H,5-6,10-16,18-20H2,1-3H3,(H,35,36). The number of nitrogens with zero attached hydrogens (tertiary/aromatic N) is 2. The molecule has 2 aromatic rings. The normalized spacial score (nSPS) is 28.2. The van der Waals surface area contributed by atoms with Crippen LogP contribution in [0.5, 0.6) is 5.88 Å². The predicted octanol–water partition coefficient (Wildman–Crippen LogP) is 2.48. The molecule has 0 saturated carbocycles. The van der Waals surface area contributed by atoms with Crippen LogP contribution < -0.4 is 10.1 Å². The highest BCUT2D eigenvalue weighted by molar-refractivity contribution is 5.52. The van der Waals surface area contributed by atoms with Crippen LogP contribution in [0, 0.1) is 12.3 Å². The van der Waals surface area contributed by atoms with Crippen molar-refractivity contribution < 1.29 is 29.9 Å². The molecule has 1 aromatic heterocycles. The highest BCUT2D eigenvalue weighted by Gasteiger charge is 2.45. The van der Waals surface area contributed by atoms with Crippen LogP contribution in [0.3, 0.4) is 0 Å². The molecule has 0 radical (unpaired) electrons. The fourth-order valence-electron chi connectivity index (χ4n) is 6.94. The van der Waals surface area contributed by atoms with E-state index >= 15 is 0 Å². The lowest BCUT2D eigenvalue weighted by molar-refractivity contribution is -0.278. The van der Waals surface area contributed by atoms with E-state index in [2.05, 4.69) is 71.5 Å². The minimum absolute atomic E-state index is 0.140. The largest absolute Gasteiger partial charge is 0.443 e. The van der Waals surface area contributed by atoms with Crippen molar-refractivity contribution in [3.05, 3.63) is 52.2 Å². The molecule has 3 fully saturated rings. The summed E-state index contributed by atoms with van der Waals surface area (Å²) in [6, 6.07) is 6.47. The Morgan fingerprint density at radius 3 is 2.65 bits per heavy atom. The number of aromatic amines is 1. The van der Waals surface area contributed by atoms with Gasteiger partial charge in [0.2, 0.25) is 12.2 Å². The number of nitrogens with one attached hydrogen (secondary N) is 2. The summed E-state index contributed by atoms with van der Waals surface area (Å²) >= 11 is 0. The Morgan fingerprint density at radius 1 is 1.14 bits per heavy atom. The van der Waals surface area contributed by atoms with Gasteiger partial charge in [-0.1, -0.05) is 44.2 Å². The first-order valence-electron chi connectivity index (χ1n) is 15.9. The molecule has 4 heterocycles. The lowest BCUT2D eigenvalue weighted by atomic mass is 9.73. The molecule has 3 aliphatic heterocycles. The highest BCUT2D eigenvalue weighted by Crippen LogP contribution is 2.38. The van der Waals surface area contributed by atoms with Crippen molar-refractivity contribution in [1.29, 1.82) is 0 Å². The van der Waals surface area contributed by atoms with E-state index in [0.717, 1.165) is 48.4 Å². The van der Waals surface area contributed by atoms with Gasteiger partial charge in [-0.25, -0.2) is 0 Å². The quantitative estimate of drug-likeness (QED) is 0.243. The van der Waals surface area contributed by atoms with Crippen LogP contribution >= 0.6 is 0 Å². The maximum Gasteiger partial charge on any atom is 0.238 e. The minimum Gasteiger partial charge on any atom is -0.443 e. The number of aromatic nitrogens is 2. The monoisotopic (exact) mass is 598 g/mol. The van der Waals surface area contributed by atoms with Crippen LogP contribution in [0.1, 0.15) is 79.8 Å². The van der Waals surface area contributed by atoms with Gasteiger partial charge in [0.05, 0.1) is 6.61 Å². The number of aliphatic hydroxyl groups is 4. The zero-order valence-corrected chi connectivity index (χ0v) is 25.8. The zero-order valence-electron chi connectivity index (χ0n) is 25.8. The Balaban J connectivity index is 1.22. The van der Waals surface area contributed by atoms with Crippen LogP contribution in [0.15, 0.2) is 24.3 Å². The first kappa shape index (κ1) is 32.1. The molecular formula is C33H50N4O6. The van der Waals surface area contributed by atoms with Crippen molar-refractivity contribution in [1.82, 2.24) is 20.4 Å². The van der Waals surface area contributed by atoms with E-state index in [1.165, 1.54) is 44.3 Å². The van der Waals surface area contributed by atoms with Gasteiger partial charge in [0.25, 0.3) is 0 Å². The topological polar surface area (TPSA) is 143 Å². The predicted molar refractivity (Wildman–Crippen MR) is 165 cm³/mol. The summed E-state index contributed by atoms with van der Waals surface area (Å²) < 4.78 is 11.5. The molecule has 238 valence electrons. The van der Waals surface area contributed by atoms with Gasteiger partial charge >= 0.3 is 0 Å². The summed E-state index contributed by atoms with van der Waals surface area (Å²) in [6.07, 6.45) is 4.60. The van der Waals surface area contributed by atoms with Gasteiger partial charge in [-0.2, -0.15) is 0 Å². The second-order valence-corrected chi connectivity index (χ2v) is 13.1. The molecule has 1 aromatic carbocycles. The first-order valence-corrected chi connectivity index (χ1v) is 15.9. The summed E-state index contributed by atoms with van der Waals surface area (Å²) in [5, 5.41) is 51.3. The highest BCUT2D eigenvalue weighted by atomic mass is 16.7. The summed E-state index contributed by atoms with van der Waals surface area (Å²) in [4.78, 5) is 2.66. The zero-order chi connectivity index (χ0) is 30.6. The molecule has 3 saturated heterocycles. The molecule has 0 amide bonds. The molecule has 10 nitrogen and oxygen atoms in total. The summed E-state index contributed by atoms with van der Waals surface area (Å²) in [5.74, 6) is 0.405. The Morgan fingerprint density at radius 2 is 1.93 bits per heavy atom. The van der Waals surface area contributed by atoms with Gasteiger partial charge in [0.1, 0.15) is 24.4 Å². The Kier molecular flexibility index (Phi) is 10.6. The third kappa shape index (κ3) is 7.50. The van der Waals surface area contributed by atoms with Crippen molar-refractivity contribution in [2.45, 2.75) is 95.9 Å². The Labute approximate surface area is 255 Å². The van der Waals surface area contributed by atoms with Gasteiger partial charge in [0, 0.05) is 30.8 Å². The van der Waals surface area contributed by atoms with E-state index < -0.39 is 37.3 Å². The average Bonchev–Trinajstić information content (AvgIpc) is 3.39. The van der Waals surface area contributed by atoms with E-state index in [9.17, 15) is 20.4 Å². The third-order valence-electron chi connectivity index (χ3n) is 9.58. The van der Waals surface area contributed by atoms with Crippen LogP contribution in [-0.2, 0) is 11.2 Å². The number of aryl methyl sites for hydroxylation is 1. The van der Waals surface area contributed by atoms with Crippen molar-refractivity contribution >= 4 is 6.08 Å². The molecule has 0 bridgehead atoms. The number of aliphatic hydroxyl groups excluding tert-OH is 4. The number of hydrogen-bond donors (Lipinski definition) is 6. The van der Waals surface area contributed by atoms with Gasteiger partial charge < -0.3 is 40.1 Å². The Hall–Kier alpha value is -2.31. The van der Waals surface area contributed by atoms with Crippen LogP contribution in [0.25, 0.3) is 6.08 Å². The molecule has 1 spiro atoms. The second-order valence-electron chi connectivity index (χ2n) is 13.1. The molecule has 3 aliphatic rings. The number of H-pyrrole nitrogens is 1. The lowest BCUT2D eigenvalue weighted by Crippen LogP contribution is -2.60. The van der Waals surface area contributed by atoms with E-state index in [4.69, 9.17) is 9.47 Å². The first-order chi connectivity index (χ1) is 20.7. The van der Waals surface area contributed by atoms with E-state index in [1.807, 2.05) is 0 Å². The van der Waals surface area contributed by atoms with Gasteiger partial charge in [-0.3, -0.25) is 5.10 Å². The SMILES string of the molecule is Cc1cc(C=CCCN2CCCC3(CCNCC3)C2)ccc1Cc1c(OC2OC(CO)C(O)C(O)C2O)n[nH]c1C(C)C. The fourth-order valence-corrected chi connectivity index (χ4v) is 6.94. The van der Waals surface area contributed by atoms with E-state index in [1.54, 1.807) is 0 Å². The molecule has 5 unspecified atom stereocenters. The minimum atomic E-state index is -1.52. The van der Waals surface area contributed by atoms with Crippen LogP contribution in [0.2, 0.25) is 0 Å². The number of benzene rings is 1. The second kappa shape index (κ2) is 14.2. The molecule has 5 atom stereocenters. The van der Waals surface area contributed by atoms with Crippen molar-refractivity contribution in [2.24, 2.45) is 5.41 Å². The fraction of sp³-hybridized carbons (Fsp3) is 0.667. The summed E-state index contributed by atoms with van der Waals surface area (Å²) in [7, 11) is 0. The van der Waals surface area contributed by atoms with Gasteiger partial charge in [-0.15, -0.1) is 5.10 Å². The molecule has 43 heavy (non-hydrogen) atoms. The number of ether oxygens (including phenoxy) is 2. The van der Waals surface area contributed by atoms with Crippen LogP contribution in [0.4, 0.5) is 0 Å². The van der Waals surface area contributed by atoms with Crippen molar-refractivity contribution in [2.75, 3.05) is 39.3 Å². The number of hydrogen-bond acceptors (Lipinski definition) is 9. The summed E-state index contributed by atoms with van der Waals surface area (Å²) in [6.45, 7) is 11.6. The molecule has 10 heteroatoms. The lowest BCUT2D eigenvalue weighted by Gasteiger charge is -2.45. The molecular weight excluding hydrogens is 548 g/mol.